The summed E-state index contributed by atoms with van der Waals surface area (Å²) >= 11 is 0. The van der Waals surface area contributed by atoms with Gasteiger partial charge < -0.3 is 35.4 Å². The molecule has 1 unspecified atom stereocenters. The van der Waals surface area contributed by atoms with Gasteiger partial charge in [-0.1, -0.05) is 44.5 Å². The number of nitrogens with two attached hydrogens (primary N) is 1. The van der Waals surface area contributed by atoms with Crippen LogP contribution in [0.25, 0.3) is 0 Å². The molecule has 3 atom stereocenters. The van der Waals surface area contributed by atoms with Crippen LogP contribution in [0.2, 0.25) is 0 Å². The molecule has 1 aliphatic rings. The Balaban J connectivity index is 0.000000804. The molecule has 1 aliphatic heterocycles. The number of benzene rings is 3. The maximum atomic E-state index is 15.0. The fourth-order valence-electron chi connectivity index (χ4n) is 4.61. The van der Waals surface area contributed by atoms with E-state index in [1.165, 1.54) is 18.7 Å². The zero-order valence-corrected chi connectivity index (χ0v) is 27.4. The molecule has 0 aromatic heterocycles. The van der Waals surface area contributed by atoms with Gasteiger partial charge in [0.1, 0.15) is 11.5 Å². The molecule has 0 saturated carbocycles. The molecule has 0 aliphatic carbocycles. The van der Waals surface area contributed by atoms with Gasteiger partial charge in [0.25, 0.3) is 0 Å². The Hall–Kier alpha value is -4.88. The summed E-state index contributed by atoms with van der Waals surface area (Å²) in [4.78, 5) is 47.0. The Bertz CT molecular complexity index is 1600. The predicted octanol–water partition coefficient (Wildman–Crippen LogP) is 6.30. The second-order valence-corrected chi connectivity index (χ2v) is 12.8. The molecule has 5 N–H and O–H groups in total. The van der Waals surface area contributed by atoms with Crippen LogP contribution in [-0.4, -0.2) is 45.9 Å². The van der Waals surface area contributed by atoms with Gasteiger partial charge >= 0.3 is 19.7 Å². The number of aliphatic carboxylic acids is 1. The fraction of sp³-hybridized carbons (Fsp3) is 0.312. The van der Waals surface area contributed by atoms with Crippen molar-refractivity contribution < 1.29 is 51.1 Å². The number of hydrogen-bond donors (Lipinski definition) is 4. The number of carboxylic acids is 1. The maximum Gasteiger partial charge on any atom is 0.490 e. The molecule has 12 nitrogen and oxygen atoms in total. The first kappa shape index (κ1) is 37.6. The van der Waals surface area contributed by atoms with Crippen LogP contribution in [-0.2, 0) is 30.3 Å². The van der Waals surface area contributed by atoms with E-state index in [2.05, 4.69) is 10.6 Å². The number of anilines is 2. The van der Waals surface area contributed by atoms with Crippen LogP contribution in [0.1, 0.15) is 51.0 Å². The standard InChI is InChI=1S/C30H35N4O6P.C2HF3O2/c1-5-19(2)28(31)29(37)34-18-22-8-6-7-9-27(22)30(34)41(38,39-25-14-10-23(11-15-25)32-20(3)35)40-26-16-12-24(13-17-26)33-21(4)36;3-2(4,5)1(6)7/h6-17,19,28,30H,5,18,31H2,1-4H3,(H,32,35)(H,33,36);(H,6,7)/t19-,28-,30?;/m0./s1. The molecule has 258 valence electrons. The molecule has 48 heavy (non-hydrogen) atoms. The van der Waals surface area contributed by atoms with Crippen molar-refractivity contribution in [3.05, 3.63) is 83.9 Å². The molecule has 4 rings (SSSR count). The van der Waals surface area contributed by atoms with E-state index in [1.54, 1.807) is 54.6 Å². The number of halogens is 3. The van der Waals surface area contributed by atoms with E-state index in [0.29, 0.717) is 23.4 Å². The third kappa shape index (κ3) is 9.81. The third-order valence-corrected chi connectivity index (χ3v) is 9.24. The topological polar surface area (TPSA) is 177 Å². The molecule has 0 saturated heterocycles. The quantitative estimate of drug-likeness (QED) is 0.178. The molecule has 0 spiro atoms. The number of nitrogens with zero attached hydrogens (tertiary/aromatic N) is 1. The van der Waals surface area contributed by atoms with Gasteiger partial charge in [-0.15, -0.1) is 0 Å². The van der Waals surface area contributed by atoms with E-state index in [-0.39, 0.29) is 41.7 Å². The Morgan fingerprint density at radius 2 is 1.35 bits per heavy atom. The van der Waals surface area contributed by atoms with Gasteiger partial charge in [0.2, 0.25) is 17.7 Å². The van der Waals surface area contributed by atoms with Crippen molar-refractivity contribution >= 4 is 42.7 Å². The van der Waals surface area contributed by atoms with Crippen molar-refractivity contribution in [2.24, 2.45) is 11.7 Å². The zero-order chi connectivity index (χ0) is 35.8. The summed E-state index contributed by atoms with van der Waals surface area (Å²) in [7, 11) is -4.24. The molecule has 0 radical (unpaired) electrons. The third-order valence-electron chi connectivity index (χ3n) is 7.15. The van der Waals surface area contributed by atoms with Crippen molar-refractivity contribution in [1.29, 1.82) is 0 Å². The monoisotopic (exact) mass is 692 g/mol. The number of carbonyl (C=O) groups excluding carboxylic acids is 3. The number of alkyl halides is 3. The first-order valence-electron chi connectivity index (χ1n) is 14.6. The van der Waals surface area contributed by atoms with Crippen molar-refractivity contribution in [2.45, 2.75) is 58.7 Å². The number of nitrogens with one attached hydrogen (secondary N) is 2. The number of carbonyl (C=O) groups is 4. The molecule has 3 aromatic carbocycles. The highest BCUT2D eigenvalue weighted by Crippen LogP contribution is 2.64. The Kier molecular flexibility index (Phi) is 12.4. The Morgan fingerprint density at radius 1 is 0.917 bits per heavy atom. The lowest BCUT2D eigenvalue weighted by Crippen LogP contribution is -2.46. The normalized spacial score (nSPS) is 15.2. The summed E-state index contributed by atoms with van der Waals surface area (Å²) in [6, 6.07) is 19.3. The van der Waals surface area contributed by atoms with E-state index in [0.717, 1.165) is 5.56 Å². The van der Waals surface area contributed by atoms with Crippen LogP contribution in [0.3, 0.4) is 0 Å². The van der Waals surface area contributed by atoms with Crippen LogP contribution < -0.4 is 25.4 Å². The molecular weight excluding hydrogens is 656 g/mol. The van der Waals surface area contributed by atoms with Gasteiger partial charge in [0, 0.05) is 31.8 Å². The lowest BCUT2D eigenvalue weighted by molar-refractivity contribution is -0.192. The minimum absolute atomic E-state index is 0.101. The number of amides is 3. The van der Waals surface area contributed by atoms with Crippen molar-refractivity contribution in [3.8, 4) is 11.5 Å². The summed E-state index contributed by atoms with van der Waals surface area (Å²) in [6.07, 6.45) is -4.38. The summed E-state index contributed by atoms with van der Waals surface area (Å²) < 4.78 is 59.1. The SMILES string of the molecule is CC[C@H](C)[C@H](N)C(=O)N1Cc2ccccc2C1P(=O)(Oc1ccc(NC(C)=O)cc1)Oc1ccc(NC(C)=O)cc1.O=C(O)C(F)(F)F. The van der Waals surface area contributed by atoms with Gasteiger partial charge in [-0.2, -0.15) is 13.2 Å². The number of rotatable bonds is 10. The van der Waals surface area contributed by atoms with Gasteiger partial charge in [0.05, 0.1) is 6.04 Å². The zero-order valence-electron chi connectivity index (χ0n) is 26.5. The van der Waals surface area contributed by atoms with Crippen molar-refractivity contribution in [2.75, 3.05) is 10.6 Å². The van der Waals surface area contributed by atoms with Gasteiger partial charge in [0.15, 0.2) is 5.78 Å². The first-order chi connectivity index (χ1) is 22.4. The second-order valence-electron chi connectivity index (χ2n) is 10.9. The molecule has 0 bridgehead atoms. The molecule has 16 heteroatoms. The smallest absolute Gasteiger partial charge is 0.475 e. The summed E-state index contributed by atoms with van der Waals surface area (Å²) in [5, 5.41) is 12.5. The maximum absolute atomic E-state index is 15.0. The lowest BCUT2D eigenvalue weighted by Gasteiger charge is -2.33. The molecule has 3 amide bonds. The summed E-state index contributed by atoms with van der Waals surface area (Å²) in [6.45, 7) is 6.86. The number of hydrogen-bond acceptors (Lipinski definition) is 8. The summed E-state index contributed by atoms with van der Waals surface area (Å²) in [5.41, 5.74) is 8.92. The largest absolute Gasteiger partial charge is 0.490 e. The predicted molar refractivity (Wildman–Crippen MR) is 171 cm³/mol. The molecule has 1 heterocycles. The van der Waals surface area contributed by atoms with Crippen LogP contribution >= 0.6 is 7.60 Å². The average Bonchev–Trinajstić information content (AvgIpc) is 3.42. The van der Waals surface area contributed by atoms with Crippen LogP contribution in [0.5, 0.6) is 11.5 Å². The van der Waals surface area contributed by atoms with Crippen LogP contribution in [0.15, 0.2) is 72.8 Å². The van der Waals surface area contributed by atoms with Crippen LogP contribution in [0, 0.1) is 5.92 Å². The van der Waals surface area contributed by atoms with Crippen molar-refractivity contribution in [3.63, 3.8) is 0 Å². The average molecular weight is 693 g/mol. The van der Waals surface area contributed by atoms with E-state index < -0.39 is 31.6 Å². The number of carboxylic acid groups (broad SMARTS) is 1. The minimum atomic E-state index is -5.08. The van der Waals surface area contributed by atoms with E-state index in [9.17, 15) is 27.6 Å². The Morgan fingerprint density at radius 3 is 1.75 bits per heavy atom. The second kappa shape index (κ2) is 15.8. The van der Waals surface area contributed by atoms with E-state index in [4.69, 9.17) is 24.7 Å². The fourth-order valence-corrected chi connectivity index (χ4v) is 6.81. The Labute approximate surface area is 274 Å². The van der Waals surface area contributed by atoms with E-state index >= 15 is 4.57 Å². The number of fused-ring (bicyclic) bond motifs is 1. The highest BCUT2D eigenvalue weighted by atomic mass is 31.2. The van der Waals surface area contributed by atoms with Gasteiger partial charge in [-0.05, 0) is 65.6 Å². The molecule has 0 fully saturated rings. The van der Waals surface area contributed by atoms with E-state index in [1.807, 2.05) is 32.0 Å². The summed E-state index contributed by atoms with van der Waals surface area (Å²) in [5.74, 6) is -4.31. The van der Waals surface area contributed by atoms with Gasteiger partial charge in [-0.25, -0.2) is 9.36 Å². The molecular formula is C32H36F3N4O8P. The lowest BCUT2D eigenvalue weighted by atomic mass is 9.99. The van der Waals surface area contributed by atoms with Crippen LogP contribution in [0.4, 0.5) is 24.5 Å². The first-order valence-corrected chi connectivity index (χ1v) is 16.2. The van der Waals surface area contributed by atoms with Gasteiger partial charge in [-0.3, -0.25) is 14.4 Å². The highest BCUT2D eigenvalue weighted by Gasteiger charge is 2.51. The highest BCUT2D eigenvalue weighted by molar-refractivity contribution is 7.55. The molecule has 3 aromatic rings. The van der Waals surface area contributed by atoms with Crippen molar-refractivity contribution in [1.82, 2.24) is 4.90 Å². The minimum Gasteiger partial charge on any atom is -0.475 e.